The number of carbonyl (C=O) groups is 9. The van der Waals surface area contributed by atoms with Crippen molar-refractivity contribution in [2.45, 2.75) is 200 Å². The molecular formula is C58H88N8O11. The fourth-order valence-corrected chi connectivity index (χ4v) is 9.83. The number of methoxy groups -OCH3 is 1. The maximum atomic E-state index is 14.8. The van der Waals surface area contributed by atoms with Gasteiger partial charge in [-0.05, 0) is 94.1 Å². The minimum absolute atomic E-state index is 0.0174. The number of benzene rings is 2. The van der Waals surface area contributed by atoms with Gasteiger partial charge in [-0.3, -0.25) is 33.6 Å². The summed E-state index contributed by atoms with van der Waals surface area (Å²) in [4.78, 5) is 128. The van der Waals surface area contributed by atoms with Crippen molar-refractivity contribution in [3.63, 3.8) is 0 Å². The van der Waals surface area contributed by atoms with E-state index in [0.29, 0.717) is 25.7 Å². The van der Waals surface area contributed by atoms with E-state index in [1.165, 1.54) is 12.0 Å². The predicted molar refractivity (Wildman–Crippen MR) is 292 cm³/mol. The van der Waals surface area contributed by atoms with E-state index >= 15 is 0 Å². The minimum atomic E-state index is -1.44. The molecule has 77 heavy (non-hydrogen) atoms. The van der Waals surface area contributed by atoms with E-state index in [9.17, 15) is 43.2 Å². The normalized spacial score (nSPS) is 17.7. The molecule has 1 saturated carbocycles. The van der Waals surface area contributed by atoms with Crippen LogP contribution >= 0.6 is 0 Å². The van der Waals surface area contributed by atoms with Gasteiger partial charge in [-0.1, -0.05) is 135 Å². The Morgan fingerprint density at radius 2 is 1.04 bits per heavy atom. The second-order valence-electron chi connectivity index (χ2n) is 23.3. The summed E-state index contributed by atoms with van der Waals surface area (Å²) in [5.74, 6) is -5.60. The van der Waals surface area contributed by atoms with Crippen LogP contribution in [-0.2, 0) is 60.7 Å². The van der Waals surface area contributed by atoms with Crippen molar-refractivity contribution in [2.24, 2.45) is 23.7 Å². The highest BCUT2D eigenvalue weighted by Crippen LogP contribution is 2.31. The summed E-state index contributed by atoms with van der Waals surface area (Å²) in [5, 5.41) is 20.0. The number of hydrogen-bond donors (Lipinski definition) is 7. The molecule has 0 bridgehead atoms. The molecule has 1 saturated heterocycles. The summed E-state index contributed by atoms with van der Waals surface area (Å²) in [6.45, 7) is 20.0. The van der Waals surface area contributed by atoms with Crippen LogP contribution in [0.2, 0.25) is 0 Å². The lowest BCUT2D eigenvalue weighted by Gasteiger charge is -2.39. The van der Waals surface area contributed by atoms with Gasteiger partial charge in [-0.2, -0.15) is 0 Å². The fraction of sp³-hybridized carbons (Fsp3) is 0.638. The largest absolute Gasteiger partial charge is 0.467 e. The van der Waals surface area contributed by atoms with Crippen molar-refractivity contribution in [2.75, 3.05) is 13.7 Å². The number of rotatable bonds is 25. The van der Waals surface area contributed by atoms with Gasteiger partial charge in [0.1, 0.15) is 53.4 Å². The van der Waals surface area contributed by atoms with E-state index in [0.717, 1.165) is 17.5 Å². The molecule has 1 aliphatic heterocycles. The van der Waals surface area contributed by atoms with Crippen LogP contribution in [0.3, 0.4) is 0 Å². The first-order valence-corrected chi connectivity index (χ1v) is 27.5. The number of alkyl carbamates (subject to hydrolysis) is 1. The summed E-state index contributed by atoms with van der Waals surface area (Å²) < 4.78 is 10.4. The van der Waals surface area contributed by atoms with E-state index in [-0.39, 0.29) is 62.8 Å². The molecular weight excluding hydrogens is 985 g/mol. The monoisotopic (exact) mass is 1070 g/mol. The molecule has 19 nitrogen and oxygen atoms in total. The second kappa shape index (κ2) is 29.3. The van der Waals surface area contributed by atoms with Crippen molar-refractivity contribution >= 4 is 53.4 Å². The summed E-state index contributed by atoms with van der Waals surface area (Å²) in [6.07, 6.45) is 3.16. The van der Waals surface area contributed by atoms with Crippen LogP contribution < -0.4 is 37.2 Å². The van der Waals surface area contributed by atoms with Crippen LogP contribution in [0.4, 0.5) is 4.79 Å². The lowest BCUT2D eigenvalue weighted by atomic mass is 9.80. The summed E-state index contributed by atoms with van der Waals surface area (Å²) in [7, 11) is 1.23. The van der Waals surface area contributed by atoms with Crippen molar-refractivity contribution < 1.29 is 52.6 Å². The maximum absolute atomic E-state index is 14.8. The average Bonchev–Trinajstić information content (AvgIpc) is 3.86. The zero-order chi connectivity index (χ0) is 57.2. The molecule has 1 heterocycles. The molecule has 2 aromatic rings. The van der Waals surface area contributed by atoms with Crippen molar-refractivity contribution in [1.29, 1.82) is 0 Å². The smallest absolute Gasteiger partial charge is 0.408 e. The summed E-state index contributed by atoms with van der Waals surface area (Å²) in [6, 6.07) is 10.6. The Balaban J connectivity index is 1.56. The highest BCUT2D eigenvalue weighted by Gasteiger charge is 2.47. The fourth-order valence-electron chi connectivity index (χ4n) is 9.83. The molecule has 0 aromatic heterocycles. The Kier molecular flexibility index (Phi) is 24.0. The van der Waals surface area contributed by atoms with Crippen LogP contribution in [-0.4, -0.2) is 125 Å². The lowest BCUT2D eigenvalue weighted by molar-refractivity contribution is -0.146. The standard InChI is InChI=1S/C58H88N8O11/c1-35(2)31-41(48(67)59-44(34-40-25-18-14-19-26-40)51(70)64-47(38(7)8)54(73)76-12)61-55(74)58(28-20-15-21-29-58)65-52(71)45-27-22-30-66(45)53(72)46(37(5)6)63-50(69)43(33-39-23-16-13-17-24-39)60-49(68)42(32-36(3)4)62-56(75)77-57(9,10)11/h13-14,16-19,23-26,35-38,41-47H,15,20-22,27-34H2,1-12H3,(H,59,67)(H,60,68)(H,61,74)(H,62,75)(H,63,69)(H,64,70)(H,65,71)/t41-,42-,43-,44-,45+,46-,47-/m0/s1. The molecule has 426 valence electrons. The van der Waals surface area contributed by atoms with Gasteiger partial charge in [0, 0.05) is 19.4 Å². The lowest BCUT2D eigenvalue weighted by Crippen LogP contribution is -2.66. The first-order valence-electron chi connectivity index (χ1n) is 27.5. The van der Waals surface area contributed by atoms with Gasteiger partial charge in [0.25, 0.3) is 0 Å². The zero-order valence-electron chi connectivity index (χ0n) is 47.5. The number of likely N-dealkylation sites (tertiary alicyclic amines) is 1. The Hall–Kier alpha value is -6.53. The first kappa shape index (κ1) is 63.0. The van der Waals surface area contributed by atoms with E-state index in [1.54, 1.807) is 48.5 Å². The third-order valence-electron chi connectivity index (χ3n) is 13.9. The Bertz CT molecular complexity index is 2310. The SMILES string of the molecule is COC(=O)[C@@H](NC(=O)[C@H](Cc1ccccc1)NC(=O)[C@H](CC(C)C)NC(=O)C1(NC(=O)[C@H]2CCCN2C(=O)[C@@H](NC(=O)[C@H](Cc2ccccc2)NC(=O)[C@H](CC(C)C)NC(=O)OC(C)(C)C)C(C)C)CCCCC1)C(C)C. The predicted octanol–water partition coefficient (Wildman–Crippen LogP) is 5.18. The van der Waals surface area contributed by atoms with Crippen LogP contribution in [0.15, 0.2) is 60.7 Å². The number of hydrogen-bond acceptors (Lipinski definition) is 11. The van der Waals surface area contributed by atoms with Gasteiger partial charge in [-0.25, -0.2) is 9.59 Å². The molecule has 7 atom stereocenters. The molecule has 19 heteroatoms. The number of amides is 8. The van der Waals surface area contributed by atoms with Gasteiger partial charge >= 0.3 is 12.1 Å². The quantitative estimate of drug-likeness (QED) is 0.0638. The van der Waals surface area contributed by atoms with Crippen LogP contribution in [0.5, 0.6) is 0 Å². The molecule has 2 aromatic carbocycles. The van der Waals surface area contributed by atoms with E-state index in [4.69, 9.17) is 9.47 Å². The third kappa shape index (κ3) is 19.5. The molecule has 4 rings (SSSR count). The van der Waals surface area contributed by atoms with Crippen LogP contribution in [0, 0.1) is 23.7 Å². The first-order chi connectivity index (χ1) is 36.2. The molecule has 0 unspecified atom stereocenters. The van der Waals surface area contributed by atoms with Gasteiger partial charge < -0.3 is 51.6 Å². The number of nitrogens with one attached hydrogen (secondary N) is 7. The minimum Gasteiger partial charge on any atom is -0.467 e. The third-order valence-corrected chi connectivity index (χ3v) is 13.9. The number of ether oxygens (including phenoxy) is 2. The molecule has 8 amide bonds. The zero-order valence-corrected chi connectivity index (χ0v) is 47.5. The van der Waals surface area contributed by atoms with Crippen molar-refractivity contribution in [3.05, 3.63) is 71.8 Å². The molecule has 1 aliphatic carbocycles. The Morgan fingerprint density at radius 1 is 0.584 bits per heavy atom. The van der Waals surface area contributed by atoms with Gasteiger partial charge in [0.05, 0.1) is 7.11 Å². The maximum Gasteiger partial charge on any atom is 0.408 e. The topological polar surface area (TPSA) is 260 Å². The number of carbonyl (C=O) groups excluding carboxylic acids is 9. The highest BCUT2D eigenvalue weighted by atomic mass is 16.6. The van der Waals surface area contributed by atoms with Crippen LogP contribution in [0.25, 0.3) is 0 Å². The Labute approximate surface area is 456 Å². The molecule has 2 aliphatic rings. The second-order valence-corrected chi connectivity index (χ2v) is 23.3. The molecule has 2 fully saturated rings. The summed E-state index contributed by atoms with van der Waals surface area (Å²) in [5.41, 5.74) is -0.770. The molecule has 0 radical (unpaired) electrons. The van der Waals surface area contributed by atoms with E-state index in [1.807, 2.05) is 88.4 Å². The van der Waals surface area contributed by atoms with Crippen molar-refractivity contribution in [3.8, 4) is 0 Å². The number of nitrogens with zero attached hydrogens (tertiary/aromatic N) is 1. The average molecular weight is 1070 g/mol. The van der Waals surface area contributed by atoms with Gasteiger partial charge in [-0.15, -0.1) is 0 Å². The van der Waals surface area contributed by atoms with Crippen molar-refractivity contribution in [1.82, 2.24) is 42.1 Å². The van der Waals surface area contributed by atoms with Gasteiger partial charge in [0.15, 0.2) is 0 Å². The van der Waals surface area contributed by atoms with E-state index < -0.39 is 113 Å². The summed E-state index contributed by atoms with van der Waals surface area (Å²) >= 11 is 0. The Morgan fingerprint density at radius 3 is 1.48 bits per heavy atom. The molecule has 0 spiro atoms. The van der Waals surface area contributed by atoms with E-state index in [2.05, 4.69) is 37.2 Å². The molecule has 7 N–H and O–H groups in total. The van der Waals surface area contributed by atoms with Crippen LogP contribution in [0.1, 0.15) is 145 Å². The highest BCUT2D eigenvalue weighted by molar-refractivity contribution is 5.99. The van der Waals surface area contributed by atoms with Gasteiger partial charge in [0.2, 0.25) is 41.4 Å². The number of esters is 1.